The van der Waals surface area contributed by atoms with Crippen LogP contribution in [-0.2, 0) is 18.3 Å². The van der Waals surface area contributed by atoms with Gasteiger partial charge in [-0.3, -0.25) is 0 Å². The number of halogens is 1. The molecule has 8 heteroatoms. The summed E-state index contributed by atoms with van der Waals surface area (Å²) in [4.78, 5) is 4.50. The van der Waals surface area contributed by atoms with Crippen LogP contribution in [0.3, 0.4) is 0 Å². The van der Waals surface area contributed by atoms with Gasteiger partial charge in [-0.05, 0) is 20.8 Å². The van der Waals surface area contributed by atoms with Gasteiger partial charge in [-0.25, -0.2) is 4.99 Å². The molecule has 0 saturated carbocycles. The summed E-state index contributed by atoms with van der Waals surface area (Å²) in [6.07, 6.45) is 0. The Hall–Kier alpha value is -0.900. The van der Waals surface area contributed by atoms with Crippen LogP contribution in [-0.4, -0.2) is 47.0 Å². The molecule has 1 unspecified atom stereocenters. The summed E-state index contributed by atoms with van der Waals surface area (Å²) in [5.74, 6) is 2.48. The lowest BCUT2D eigenvalue weighted by molar-refractivity contribution is 0.179. The molecular weight excluding hydrogens is 371 g/mol. The minimum absolute atomic E-state index is 0. The van der Waals surface area contributed by atoms with E-state index < -0.39 is 0 Å². The third-order valence-electron chi connectivity index (χ3n) is 2.71. The van der Waals surface area contributed by atoms with E-state index >= 15 is 0 Å². The summed E-state index contributed by atoms with van der Waals surface area (Å²) >= 11 is 0. The number of hydrogen-bond acceptors (Lipinski definition) is 4. The number of aryl methyl sites for hydroxylation is 1. The summed E-state index contributed by atoms with van der Waals surface area (Å²) in [5, 5.41) is 14.6. The van der Waals surface area contributed by atoms with Gasteiger partial charge in [0.05, 0.1) is 6.61 Å². The van der Waals surface area contributed by atoms with E-state index in [1.807, 2.05) is 32.4 Å². The van der Waals surface area contributed by atoms with E-state index in [1.165, 1.54) is 0 Å². The summed E-state index contributed by atoms with van der Waals surface area (Å²) < 4.78 is 7.03. The first kappa shape index (κ1) is 19.1. The highest BCUT2D eigenvalue weighted by molar-refractivity contribution is 14.0. The highest BCUT2D eigenvalue weighted by Crippen LogP contribution is 1.99. The van der Waals surface area contributed by atoms with Crippen molar-refractivity contribution in [2.24, 2.45) is 12.0 Å². The fourth-order valence-corrected chi connectivity index (χ4v) is 1.58. The van der Waals surface area contributed by atoms with Crippen LogP contribution in [0.2, 0.25) is 0 Å². The average molecular weight is 396 g/mol. The van der Waals surface area contributed by atoms with Crippen molar-refractivity contribution in [1.82, 2.24) is 25.4 Å². The molecule has 1 heterocycles. The second-order valence-electron chi connectivity index (χ2n) is 4.42. The van der Waals surface area contributed by atoms with Gasteiger partial charge in [0.2, 0.25) is 0 Å². The van der Waals surface area contributed by atoms with Crippen molar-refractivity contribution in [1.29, 1.82) is 0 Å². The molecule has 0 aromatic carbocycles. The van der Waals surface area contributed by atoms with Crippen molar-refractivity contribution in [2.45, 2.75) is 33.4 Å². The average Bonchev–Trinajstić information content (AvgIpc) is 2.68. The number of methoxy groups -OCH3 is 1. The minimum Gasteiger partial charge on any atom is -0.383 e. The fourth-order valence-electron chi connectivity index (χ4n) is 1.58. The second-order valence-corrected chi connectivity index (χ2v) is 4.42. The SMILES string of the molecule is CCNC(=NCc1nnc(C)n1C)NC(C)COC.I. The molecule has 0 bridgehead atoms. The van der Waals surface area contributed by atoms with Crippen molar-refractivity contribution in [3.63, 3.8) is 0 Å². The van der Waals surface area contributed by atoms with Gasteiger partial charge in [0.25, 0.3) is 0 Å². The van der Waals surface area contributed by atoms with Gasteiger partial charge < -0.3 is 19.9 Å². The molecular formula is C12H25IN6O. The van der Waals surface area contributed by atoms with Crippen LogP contribution in [0.4, 0.5) is 0 Å². The zero-order valence-electron chi connectivity index (χ0n) is 12.8. The molecule has 1 aromatic heterocycles. The van der Waals surface area contributed by atoms with Crippen LogP contribution < -0.4 is 10.6 Å². The monoisotopic (exact) mass is 396 g/mol. The van der Waals surface area contributed by atoms with E-state index in [2.05, 4.69) is 25.8 Å². The van der Waals surface area contributed by atoms with Gasteiger partial charge in [0.1, 0.15) is 12.4 Å². The second kappa shape index (κ2) is 9.92. The molecule has 1 atom stereocenters. The molecule has 1 rings (SSSR count). The number of aliphatic imine (C=N–C) groups is 1. The maximum atomic E-state index is 5.10. The standard InChI is InChI=1S/C12H24N6O.HI/c1-6-13-12(15-9(2)8-19-5)14-7-11-17-16-10(3)18(11)4;/h9H,6-8H2,1-5H3,(H2,13,14,15);1H. The van der Waals surface area contributed by atoms with E-state index in [0.29, 0.717) is 13.2 Å². The highest BCUT2D eigenvalue weighted by Gasteiger charge is 2.07. The van der Waals surface area contributed by atoms with Crippen LogP contribution in [0.25, 0.3) is 0 Å². The van der Waals surface area contributed by atoms with E-state index in [9.17, 15) is 0 Å². The smallest absolute Gasteiger partial charge is 0.191 e. The number of nitrogens with zero attached hydrogens (tertiary/aromatic N) is 4. The Morgan fingerprint density at radius 3 is 2.65 bits per heavy atom. The van der Waals surface area contributed by atoms with Crippen molar-refractivity contribution >= 4 is 29.9 Å². The van der Waals surface area contributed by atoms with E-state index in [1.54, 1.807) is 7.11 Å². The number of nitrogens with one attached hydrogen (secondary N) is 2. The van der Waals surface area contributed by atoms with Crippen LogP contribution in [0.1, 0.15) is 25.5 Å². The maximum Gasteiger partial charge on any atom is 0.191 e. The number of aromatic nitrogens is 3. The largest absolute Gasteiger partial charge is 0.383 e. The third-order valence-corrected chi connectivity index (χ3v) is 2.71. The quantitative estimate of drug-likeness (QED) is 0.423. The van der Waals surface area contributed by atoms with Gasteiger partial charge >= 0.3 is 0 Å². The van der Waals surface area contributed by atoms with Gasteiger partial charge in [-0.15, -0.1) is 34.2 Å². The summed E-state index contributed by atoms with van der Waals surface area (Å²) in [6, 6.07) is 0.198. The minimum atomic E-state index is 0. The molecule has 7 nitrogen and oxygen atoms in total. The molecule has 0 spiro atoms. The third kappa shape index (κ3) is 6.04. The zero-order chi connectivity index (χ0) is 14.3. The summed E-state index contributed by atoms with van der Waals surface area (Å²) in [6.45, 7) is 7.93. The lowest BCUT2D eigenvalue weighted by atomic mass is 10.4. The molecule has 20 heavy (non-hydrogen) atoms. The van der Waals surface area contributed by atoms with Gasteiger partial charge in [-0.2, -0.15) is 0 Å². The zero-order valence-corrected chi connectivity index (χ0v) is 15.1. The van der Waals surface area contributed by atoms with Gasteiger partial charge in [0, 0.05) is 26.7 Å². The van der Waals surface area contributed by atoms with Crippen molar-refractivity contribution in [3.8, 4) is 0 Å². The van der Waals surface area contributed by atoms with Crippen LogP contribution >= 0.6 is 24.0 Å². The van der Waals surface area contributed by atoms with Crippen LogP contribution in [0.5, 0.6) is 0 Å². The summed E-state index contributed by atoms with van der Waals surface area (Å²) in [7, 11) is 3.62. The van der Waals surface area contributed by atoms with Crippen LogP contribution in [0.15, 0.2) is 4.99 Å². The maximum absolute atomic E-state index is 5.10. The molecule has 0 aliphatic rings. The Morgan fingerprint density at radius 2 is 2.15 bits per heavy atom. The van der Waals surface area contributed by atoms with Crippen molar-refractivity contribution in [2.75, 3.05) is 20.3 Å². The Balaban J connectivity index is 0.00000361. The van der Waals surface area contributed by atoms with Crippen molar-refractivity contribution in [3.05, 3.63) is 11.6 Å². The van der Waals surface area contributed by atoms with Gasteiger partial charge in [0.15, 0.2) is 11.8 Å². The van der Waals surface area contributed by atoms with E-state index in [4.69, 9.17) is 4.74 Å². The molecule has 0 fully saturated rings. The number of hydrogen-bond donors (Lipinski definition) is 2. The number of guanidine groups is 1. The Labute approximate surface area is 137 Å². The predicted molar refractivity (Wildman–Crippen MR) is 90.4 cm³/mol. The van der Waals surface area contributed by atoms with E-state index in [0.717, 1.165) is 24.2 Å². The molecule has 0 saturated heterocycles. The Morgan fingerprint density at radius 1 is 1.45 bits per heavy atom. The first-order valence-corrected chi connectivity index (χ1v) is 6.47. The first-order valence-electron chi connectivity index (χ1n) is 6.47. The summed E-state index contributed by atoms with van der Waals surface area (Å²) in [5.41, 5.74) is 0. The molecule has 0 amide bonds. The lowest BCUT2D eigenvalue weighted by Crippen LogP contribution is -2.44. The number of rotatable bonds is 6. The molecule has 0 aliphatic heterocycles. The van der Waals surface area contributed by atoms with Crippen molar-refractivity contribution < 1.29 is 4.74 Å². The molecule has 116 valence electrons. The van der Waals surface area contributed by atoms with Gasteiger partial charge in [-0.1, -0.05) is 0 Å². The molecule has 0 aliphatic carbocycles. The fraction of sp³-hybridized carbons (Fsp3) is 0.750. The first-order chi connectivity index (χ1) is 9.08. The van der Waals surface area contributed by atoms with E-state index in [-0.39, 0.29) is 30.0 Å². The predicted octanol–water partition coefficient (Wildman–Crippen LogP) is 0.832. The Kier molecular flexibility index (Phi) is 9.47. The lowest BCUT2D eigenvalue weighted by Gasteiger charge is -2.16. The van der Waals surface area contributed by atoms with Crippen LogP contribution in [0, 0.1) is 6.92 Å². The molecule has 2 N–H and O–H groups in total. The normalized spacial score (nSPS) is 12.8. The highest BCUT2D eigenvalue weighted by atomic mass is 127. The topological polar surface area (TPSA) is 76.4 Å². The Bertz CT molecular complexity index is 420. The number of ether oxygens (including phenoxy) is 1. The molecule has 1 aromatic rings. The molecule has 0 radical (unpaired) electrons.